The van der Waals surface area contributed by atoms with E-state index in [0.29, 0.717) is 5.76 Å². The SMILES string of the molecule is CC=C=C(C)C=CC(OC(C)(C)C(C)=O)=C(C)C=CC. The molecule has 0 bridgehead atoms. The van der Waals surface area contributed by atoms with Gasteiger partial charge in [0.05, 0.1) is 0 Å². The van der Waals surface area contributed by atoms with Crippen molar-refractivity contribution < 1.29 is 9.53 Å². The van der Waals surface area contributed by atoms with E-state index in [1.165, 1.54) is 6.92 Å². The lowest BCUT2D eigenvalue weighted by atomic mass is 10.0. The highest BCUT2D eigenvalue weighted by Crippen LogP contribution is 2.20. The normalized spacial score (nSPS) is 13.2. The van der Waals surface area contributed by atoms with Crippen molar-refractivity contribution in [2.75, 3.05) is 0 Å². The van der Waals surface area contributed by atoms with Crippen molar-refractivity contribution in [3.63, 3.8) is 0 Å². The first-order valence-corrected chi connectivity index (χ1v) is 6.84. The van der Waals surface area contributed by atoms with Crippen LogP contribution < -0.4 is 0 Å². The number of carbonyl (C=O) groups excluding carboxylic acids is 1. The van der Waals surface area contributed by atoms with Gasteiger partial charge in [-0.1, -0.05) is 12.2 Å². The molecule has 20 heavy (non-hydrogen) atoms. The van der Waals surface area contributed by atoms with Gasteiger partial charge in [0.2, 0.25) is 0 Å². The quantitative estimate of drug-likeness (QED) is 0.391. The van der Waals surface area contributed by atoms with Crippen LogP contribution in [0.5, 0.6) is 0 Å². The minimum Gasteiger partial charge on any atom is -0.480 e. The molecule has 0 rings (SSSR count). The zero-order valence-corrected chi connectivity index (χ0v) is 13.7. The second kappa shape index (κ2) is 8.39. The Morgan fingerprint density at radius 2 is 1.65 bits per heavy atom. The molecule has 0 fully saturated rings. The first-order chi connectivity index (χ1) is 9.24. The average molecular weight is 274 g/mol. The monoisotopic (exact) mass is 274 g/mol. The number of allylic oxidation sites excluding steroid dienone is 6. The Labute approximate surface area is 123 Å². The average Bonchev–Trinajstić information content (AvgIpc) is 2.34. The molecule has 0 spiro atoms. The predicted molar refractivity (Wildman–Crippen MR) is 85.4 cm³/mol. The zero-order chi connectivity index (χ0) is 15.8. The molecule has 0 amide bonds. The zero-order valence-electron chi connectivity index (χ0n) is 13.7. The Bertz CT molecular complexity index is 494. The van der Waals surface area contributed by atoms with Crippen molar-refractivity contribution in [2.45, 2.75) is 54.1 Å². The van der Waals surface area contributed by atoms with Crippen LogP contribution in [0, 0.1) is 0 Å². The number of ether oxygens (including phenoxy) is 1. The summed E-state index contributed by atoms with van der Waals surface area (Å²) in [7, 11) is 0. The van der Waals surface area contributed by atoms with E-state index in [1.807, 2.05) is 58.1 Å². The number of ketones is 1. The van der Waals surface area contributed by atoms with Gasteiger partial charge < -0.3 is 4.74 Å². The van der Waals surface area contributed by atoms with Crippen molar-refractivity contribution in [3.05, 3.63) is 53.0 Å². The van der Waals surface area contributed by atoms with E-state index in [2.05, 4.69) is 5.73 Å². The molecule has 0 aromatic heterocycles. The molecule has 0 heterocycles. The topological polar surface area (TPSA) is 26.3 Å². The third kappa shape index (κ3) is 6.40. The molecule has 0 aliphatic rings. The highest BCUT2D eigenvalue weighted by Gasteiger charge is 2.26. The second-order valence-electron chi connectivity index (χ2n) is 5.17. The van der Waals surface area contributed by atoms with Crippen molar-refractivity contribution in [1.82, 2.24) is 0 Å². The predicted octanol–water partition coefficient (Wildman–Crippen LogP) is 4.90. The summed E-state index contributed by atoms with van der Waals surface area (Å²) in [5, 5.41) is 0. The summed E-state index contributed by atoms with van der Waals surface area (Å²) in [6.45, 7) is 12.9. The lowest BCUT2D eigenvalue weighted by Gasteiger charge is -2.25. The molecule has 110 valence electrons. The lowest BCUT2D eigenvalue weighted by molar-refractivity contribution is -0.133. The second-order valence-corrected chi connectivity index (χ2v) is 5.17. The molecule has 0 unspecified atom stereocenters. The van der Waals surface area contributed by atoms with Gasteiger partial charge in [0.15, 0.2) is 11.4 Å². The summed E-state index contributed by atoms with van der Waals surface area (Å²) in [5.74, 6) is 0.693. The third-order valence-electron chi connectivity index (χ3n) is 2.88. The molecule has 0 aliphatic carbocycles. The van der Waals surface area contributed by atoms with Crippen molar-refractivity contribution in [3.8, 4) is 0 Å². The van der Waals surface area contributed by atoms with Crippen molar-refractivity contribution in [2.24, 2.45) is 0 Å². The largest absolute Gasteiger partial charge is 0.480 e. The highest BCUT2D eigenvalue weighted by atomic mass is 16.5. The maximum absolute atomic E-state index is 11.6. The Hall–Kier alpha value is -1.79. The van der Waals surface area contributed by atoms with Gasteiger partial charge >= 0.3 is 0 Å². The van der Waals surface area contributed by atoms with Crippen LogP contribution in [0.3, 0.4) is 0 Å². The van der Waals surface area contributed by atoms with E-state index in [4.69, 9.17) is 4.74 Å². The smallest absolute Gasteiger partial charge is 0.172 e. The maximum Gasteiger partial charge on any atom is 0.172 e. The Morgan fingerprint density at radius 1 is 1.05 bits per heavy atom. The molecule has 0 aromatic rings. The first kappa shape index (κ1) is 18.2. The first-order valence-electron chi connectivity index (χ1n) is 6.84. The van der Waals surface area contributed by atoms with Gasteiger partial charge in [0, 0.05) is 0 Å². The molecule has 0 atom stereocenters. The molecular weight excluding hydrogens is 248 g/mol. The third-order valence-corrected chi connectivity index (χ3v) is 2.88. The van der Waals surface area contributed by atoms with Gasteiger partial charge in [-0.05, 0) is 77.8 Å². The molecule has 2 heteroatoms. The van der Waals surface area contributed by atoms with Gasteiger partial charge in [-0.25, -0.2) is 0 Å². The Morgan fingerprint density at radius 3 is 2.10 bits per heavy atom. The van der Waals surface area contributed by atoms with Crippen molar-refractivity contribution in [1.29, 1.82) is 0 Å². The lowest BCUT2D eigenvalue weighted by Crippen LogP contribution is -2.32. The molecule has 0 aliphatic heterocycles. The van der Waals surface area contributed by atoms with Gasteiger partial charge in [-0.2, -0.15) is 0 Å². The van der Waals surface area contributed by atoms with E-state index in [0.717, 1.165) is 11.1 Å². The van der Waals surface area contributed by atoms with E-state index in [9.17, 15) is 4.79 Å². The minimum atomic E-state index is -0.833. The molecular formula is C18H26O2. The van der Waals surface area contributed by atoms with Crippen LogP contribution in [0.2, 0.25) is 0 Å². The van der Waals surface area contributed by atoms with Crippen molar-refractivity contribution >= 4 is 5.78 Å². The summed E-state index contributed by atoms with van der Waals surface area (Å²) < 4.78 is 5.88. The fourth-order valence-corrected chi connectivity index (χ4v) is 1.40. The molecule has 0 aromatic carbocycles. The maximum atomic E-state index is 11.6. The van der Waals surface area contributed by atoms with E-state index in [1.54, 1.807) is 13.8 Å². The fourth-order valence-electron chi connectivity index (χ4n) is 1.40. The van der Waals surface area contributed by atoms with Gasteiger partial charge in [-0.3, -0.25) is 4.79 Å². The van der Waals surface area contributed by atoms with E-state index in [-0.39, 0.29) is 5.78 Å². The molecule has 0 saturated carbocycles. The van der Waals surface area contributed by atoms with Crippen LogP contribution in [-0.4, -0.2) is 11.4 Å². The minimum absolute atomic E-state index is 0.00241. The van der Waals surface area contributed by atoms with Crippen LogP contribution in [0.4, 0.5) is 0 Å². The molecule has 2 nitrogen and oxygen atoms in total. The van der Waals surface area contributed by atoms with E-state index < -0.39 is 5.60 Å². The summed E-state index contributed by atoms with van der Waals surface area (Å²) >= 11 is 0. The van der Waals surface area contributed by atoms with Crippen LogP contribution in [-0.2, 0) is 9.53 Å². The molecule has 0 N–H and O–H groups in total. The van der Waals surface area contributed by atoms with E-state index >= 15 is 0 Å². The summed E-state index contributed by atoms with van der Waals surface area (Å²) in [6, 6.07) is 0. The van der Waals surface area contributed by atoms with Gasteiger partial charge in [0.1, 0.15) is 5.76 Å². The summed E-state index contributed by atoms with van der Waals surface area (Å²) in [5.41, 5.74) is 4.25. The van der Waals surface area contributed by atoms with Crippen LogP contribution in [0.1, 0.15) is 48.5 Å². The standard InChI is InChI=1S/C18H26O2/c1-8-10-14(3)12-13-17(15(4)11-9-2)20-18(6,7)16(5)19/h8-9,11-13H,1-7H3. The number of rotatable bonds is 6. The van der Waals surface area contributed by atoms with Gasteiger partial charge in [-0.15, -0.1) is 5.73 Å². The number of carbonyl (C=O) groups is 1. The Kier molecular flexibility index (Phi) is 7.64. The van der Waals surface area contributed by atoms with Crippen LogP contribution >= 0.6 is 0 Å². The Balaban J connectivity index is 5.50. The fraction of sp³-hybridized carbons (Fsp3) is 0.444. The van der Waals surface area contributed by atoms with Gasteiger partial charge in [0.25, 0.3) is 0 Å². The van der Waals surface area contributed by atoms with Crippen LogP contribution in [0.25, 0.3) is 0 Å². The summed E-state index contributed by atoms with van der Waals surface area (Å²) in [6.07, 6.45) is 9.58. The summed E-state index contributed by atoms with van der Waals surface area (Å²) in [4.78, 5) is 11.6. The number of hydrogen-bond acceptors (Lipinski definition) is 2. The highest BCUT2D eigenvalue weighted by molar-refractivity contribution is 5.84. The molecule has 0 radical (unpaired) electrons. The number of hydrogen-bond donors (Lipinski definition) is 0. The molecule has 0 saturated heterocycles. The number of Topliss-reactive ketones (excluding diaryl/α,β-unsaturated/α-hetero) is 1. The van der Waals surface area contributed by atoms with Crippen LogP contribution in [0.15, 0.2) is 53.0 Å².